The molecule has 0 aliphatic rings. The molecule has 4 nitrogen and oxygen atoms in total. The first-order valence-corrected chi connectivity index (χ1v) is 11.8. The number of aryl methyl sites for hydroxylation is 1. The Balaban J connectivity index is 1.54. The molecule has 34 heavy (non-hydrogen) atoms. The van der Waals surface area contributed by atoms with Gasteiger partial charge in [-0.1, -0.05) is 71.4 Å². The zero-order valence-electron chi connectivity index (χ0n) is 18.7. The molecule has 0 unspecified atom stereocenters. The summed E-state index contributed by atoms with van der Waals surface area (Å²) in [4.78, 5) is 12.7. The largest absolute Gasteiger partial charge is 0.488 e. The van der Waals surface area contributed by atoms with E-state index in [1.165, 1.54) is 10.9 Å². The van der Waals surface area contributed by atoms with E-state index >= 15 is 0 Å². The number of fused-ring (bicyclic) bond motifs is 1. The number of benzene rings is 4. The topological polar surface area (TPSA) is 62.1 Å². The van der Waals surface area contributed by atoms with Crippen LogP contribution in [0.1, 0.15) is 23.6 Å². The molecule has 4 aromatic carbocycles. The van der Waals surface area contributed by atoms with Crippen LogP contribution in [0.2, 0.25) is 0 Å². The molecule has 0 atom stereocenters. The smallest absolute Gasteiger partial charge is 0.266 e. The maximum atomic E-state index is 12.7. The number of nitriles is 1. The molecule has 4 rings (SSSR count). The first-order valence-electron chi connectivity index (χ1n) is 11.0. The summed E-state index contributed by atoms with van der Waals surface area (Å²) < 4.78 is 6.91. The summed E-state index contributed by atoms with van der Waals surface area (Å²) in [6, 6.07) is 29.5. The van der Waals surface area contributed by atoms with Crippen LogP contribution >= 0.6 is 15.9 Å². The van der Waals surface area contributed by atoms with Crippen molar-refractivity contribution < 1.29 is 9.53 Å². The highest BCUT2D eigenvalue weighted by atomic mass is 79.9. The molecule has 0 radical (unpaired) electrons. The molecule has 0 aromatic heterocycles. The Bertz CT molecular complexity index is 1400. The van der Waals surface area contributed by atoms with Crippen LogP contribution in [0.3, 0.4) is 0 Å². The minimum absolute atomic E-state index is 0.00627. The highest BCUT2D eigenvalue weighted by Crippen LogP contribution is 2.27. The lowest BCUT2D eigenvalue weighted by Crippen LogP contribution is -2.13. The van der Waals surface area contributed by atoms with Crippen molar-refractivity contribution >= 4 is 44.4 Å². The summed E-state index contributed by atoms with van der Waals surface area (Å²) in [7, 11) is 0. The Morgan fingerprint density at radius 2 is 1.71 bits per heavy atom. The summed E-state index contributed by atoms with van der Waals surface area (Å²) in [6.07, 6.45) is 2.47. The Morgan fingerprint density at radius 3 is 2.44 bits per heavy atom. The molecule has 0 bridgehead atoms. The number of carbonyl (C=O) groups is 1. The van der Waals surface area contributed by atoms with E-state index in [9.17, 15) is 10.1 Å². The van der Waals surface area contributed by atoms with E-state index in [1.54, 1.807) is 6.08 Å². The van der Waals surface area contributed by atoms with Crippen LogP contribution in [0, 0.1) is 11.3 Å². The third-order valence-corrected chi connectivity index (χ3v) is 5.96. The van der Waals surface area contributed by atoms with Gasteiger partial charge in [-0.15, -0.1) is 0 Å². The van der Waals surface area contributed by atoms with Crippen molar-refractivity contribution in [2.75, 3.05) is 5.32 Å². The number of rotatable bonds is 7. The van der Waals surface area contributed by atoms with Gasteiger partial charge in [-0.2, -0.15) is 5.26 Å². The van der Waals surface area contributed by atoms with Crippen molar-refractivity contribution in [1.29, 1.82) is 5.26 Å². The van der Waals surface area contributed by atoms with E-state index < -0.39 is 5.91 Å². The number of nitrogens with zero attached hydrogens (tertiary/aromatic N) is 1. The number of amides is 1. The fraction of sp³-hybridized carbons (Fsp3) is 0.103. The van der Waals surface area contributed by atoms with Crippen LogP contribution in [0.15, 0.2) is 95.0 Å². The van der Waals surface area contributed by atoms with Gasteiger partial charge >= 0.3 is 0 Å². The lowest BCUT2D eigenvalue weighted by Gasteiger charge is -2.11. The first kappa shape index (κ1) is 23.3. The maximum absolute atomic E-state index is 12.7. The van der Waals surface area contributed by atoms with Crippen molar-refractivity contribution in [3.8, 4) is 11.8 Å². The number of hydrogen-bond acceptors (Lipinski definition) is 3. The predicted octanol–water partition coefficient (Wildman–Crippen LogP) is 7.29. The molecule has 1 N–H and O–H groups in total. The molecule has 0 fully saturated rings. The second-order valence-corrected chi connectivity index (χ2v) is 8.74. The highest BCUT2D eigenvalue weighted by molar-refractivity contribution is 9.10. The minimum atomic E-state index is -0.466. The Kier molecular flexibility index (Phi) is 7.41. The number of ether oxygens (including phenoxy) is 1. The van der Waals surface area contributed by atoms with E-state index in [0.29, 0.717) is 23.6 Å². The third-order valence-electron chi connectivity index (χ3n) is 5.47. The van der Waals surface area contributed by atoms with Gasteiger partial charge in [0, 0.05) is 15.7 Å². The van der Waals surface area contributed by atoms with Crippen molar-refractivity contribution in [3.05, 3.63) is 112 Å². The van der Waals surface area contributed by atoms with E-state index in [-0.39, 0.29) is 5.57 Å². The lowest BCUT2D eigenvalue weighted by atomic mass is 10.1. The molecular weight excluding hydrogens is 488 g/mol. The summed E-state index contributed by atoms with van der Waals surface area (Å²) in [5.41, 5.74) is 3.49. The Morgan fingerprint density at radius 1 is 0.971 bits per heavy atom. The zero-order chi connectivity index (χ0) is 23.9. The molecule has 0 spiro atoms. The first-order chi connectivity index (χ1) is 16.6. The van der Waals surface area contributed by atoms with Crippen LogP contribution in [0.4, 0.5) is 5.69 Å². The maximum Gasteiger partial charge on any atom is 0.266 e. The van der Waals surface area contributed by atoms with Crippen molar-refractivity contribution in [2.24, 2.45) is 0 Å². The van der Waals surface area contributed by atoms with Crippen LogP contribution in [-0.4, -0.2) is 5.91 Å². The van der Waals surface area contributed by atoms with E-state index in [0.717, 1.165) is 21.8 Å². The Hall–Kier alpha value is -3.88. The summed E-state index contributed by atoms with van der Waals surface area (Å²) in [5, 5.41) is 14.8. The molecule has 0 aliphatic heterocycles. The fourth-order valence-corrected chi connectivity index (χ4v) is 3.96. The summed E-state index contributed by atoms with van der Waals surface area (Å²) >= 11 is 3.47. The summed E-state index contributed by atoms with van der Waals surface area (Å²) in [6.45, 7) is 2.44. The SMILES string of the molecule is CCc1ccc(NC(=O)/C(C#N)=C/c2cc(Br)ccc2OCc2ccc3ccccc3c2)cc1. The van der Waals surface area contributed by atoms with Gasteiger partial charge in [-0.3, -0.25) is 4.79 Å². The Labute approximate surface area is 207 Å². The summed E-state index contributed by atoms with van der Waals surface area (Å²) in [5.74, 6) is 0.122. The quantitative estimate of drug-likeness (QED) is 0.209. The molecule has 1 amide bonds. The van der Waals surface area contributed by atoms with Crippen LogP contribution in [0.25, 0.3) is 16.8 Å². The molecular formula is C29H23BrN2O2. The highest BCUT2D eigenvalue weighted by Gasteiger charge is 2.12. The van der Waals surface area contributed by atoms with Gasteiger partial charge in [0.1, 0.15) is 24.0 Å². The van der Waals surface area contributed by atoms with Crippen LogP contribution in [0.5, 0.6) is 5.75 Å². The van der Waals surface area contributed by atoms with Gasteiger partial charge in [0.25, 0.3) is 5.91 Å². The van der Waals surface area contributed by atoms with Gasteiger partial charge in [0.2, 0.25) is 0 Å². The van der Waals surface area contributed by atoms with Crippen LogP contribution in [-0.2, 0) is 17.8 Å². The molecule has 0 heterocycles. The van der Waals surface area contributed by atoms with Crippen molar-refractivity contribution in [3.63, 3.8) is 0 Å². The molecule has 5 heteroatoms. The van der Waals surface area contributed by atoms with Crippen LogP contribution < -0.4 is 10.1 Å². The van der Waals surface area contributed by atoms with Gasteiger partial charge in [-0.25, -0.2) is 0 Å². The molecule has 0 saturated heterocycles. The average molecular weight is 511 g/mol. The second kappa shape index (κ2) is 10.8. The molecule has 168 valence electrons. The third kappa shape index (κ3) is 5.72. The van der Waals surface area contributed by atoms with Crippen molar-refractivity contribution in [1.82, 2.24) is 0 Å². The minimum Gasteiger partial charge on any atom is -0.488 e. The number of hydrogen-bond donors (Lipinski definition) is 1. The number of carbonyl (C=O) groups excluding carboxylic acids is 1. The molecule has 4 aromatic rings. The predicted molar refractivity (Wildman–Crippen MR) is 140 cm³/mol. The lowest BCUT2D eigenvalue weighted by molar-refractivity contribution is -0.112. The van der Waals surface area contributed by atoms with Gasteiger partial charge in [-0.05, 0) is 70.8 Å². The van der Waals surface area contributed by atoms with Gasteiger partial charge in [0.15, 0.2) is 0 Å². The van der Waals surface area contributed by atoms with Gasteiger partial charge < -0.3 is 10.1 Å². The van der Waals surface area contributed by atoms with Gasteiger partial charge in [0.05, 0.1) is 0 Å². The number of nitrogens with one attached hydrogen (secondary N) is 1. The second-order valence-electron chi connectivity index (χ2n) is 7.83. The number of halogens is 1. The monoisotopic (exact) mass is 510 g/mol. The zero-order valence-corrected chi connectivity index (χ0v) is 20.3. The fourth-order valence-electron chi connectivity index (χ4n) is 3.58. The molecule has 0 saturated carbocycles. The molecule has 0 aliphatic carbocycles. The normalized spacial score (nSPS) is 11.1. The van der Waals surface area contributed by atoms with Crippen molar-refractivity contribution in [2.45, 2.75) is 20.0 Å². The average Bonchev–Trinajstić information content (AvgIpc) is 2.87. The van der Waals surface area contributed by atoms with E-state index in [1.807, 2.05) is 66.7 Å². The number of anilines is 1. The standard InChI is InChI=1S/C29H23BrN2O2/c1-2-20-8-12-27(13-9-20)32-29(33)25(18-31)16-24-17-26(30)11-14-28(24)34-19-21-7-10-22-5-3-4-6-23(22)15-21/h3-17H,2,19H2,1H3,(H,32,33)/b25-16+. The van der Waals surface area contributed by atoms with E-state index in [4.69, 9.17) is 4.74 Å². The van der Waals surface area contributed by atoms with E-state index in [2.05, 4.69) is 52.4 Å².